The van der Waals surface area contributed by atoms with Crippen molar-refractivity contribution in [3.8, 4) is 5.75 Å². The van der Waals surface area contributed by atoms with E-state index in [0.717, 1.165) is 22.8 Å². The topological polar surface area (TPSA) is 59.1 Å². The maximum absolute atomic E-state index is 6.03. The van der Waals surface area contributed by atoms with Gasteiger partial charge in [-0.2, -0.15) is 4.98 Å². The molecule has 3 rings (SSSR count). The predicted molar refractivity (Wildman–Crippen MR) is 107 cm³/mol. The highest BCUT2D eigenvalue weighted by molar-refractivity contribution is 6.30. The third-order valence-corrected chi connectivity index (χ3v) is 3.67. The van der Waals surface area contributed by atoms with E-state index < -0.39 is 0 Å². The highest BCUT2D eigenvalue weighted by atomic mass is 35.5. The van der Waals surface area contributed by atoms with E-state index in [1.807, 2.05) is 75.4 Å². The van der Waals surface area contributed by atoms with Gasteiger partial charge in [0.15, 0.2) is 0 Å². The number of nitrogens with zero attached hydrogens (tertiary/aromatic N) is 2. The van der Waals surface area contributed by atoms with Gasteiger partial charge < -0.3 is 15.4 Å². The lowest BCUT2D eigenvalue weighted by Crippen LogP contribution is -2.05. The van der Waals surface area contributed by atoms with E-state index in [9.17, 15) is 0 Å². The van der Waals surface area contributed by atoms with Gasteiger partial charge in [0.2, 0.25) is 5.95 Å². The minimum Gasteiger partial charge on any atom is -0.491 e. The van der Waals surface area contributed by atoms with Crippen molar-refractivity contribution in [2.24, 2.45) is 0 Å². The number of aromatic nitrogens is 2. The first-order valence-corrected chi connectivity index (χ1v) is 8.78. The SMILES string of the molecule is Cc1cc(Nc2cccc(Cl)c2)nc(Nc2ccc(OC(C)C)cc2)n1. The number of rotatable bonds is 6. The lowest BCUT2D eigenvalue weighted by molar-refractivity contribution is 0.242. The van der Waals surface area contributed by atoms with Crippen LogP contribution in [0.15, 0.2) is 54.6 Å². The van der Waals surface area contributed by atoms with Crippen LogP contribution in [0.25, 0.3) is 0 Å². The van der Waals surface area contributed by atoms with Crippen LogP contribution in [0.3, 0.4) is 0 Å². The highest BCUT2D eigenvalue weighted by Gasteiger charge is 2.05. The van der Waals surface area contributed by atoms with Gasteiger partial charge in [0.25, 0.3) is 0 Å². The molecule has 0 atom stereocenters. The largest absolute Gasteiger partial charge is 0.491 e. The second-order valence-corrected chi connectivity index (χ2v) is 6.61. The Bertz CT molecular complexity index is 881. The van der Waals surface area contributed by atoms with Crippen molar-refractivity contribution in [1.29, 1.82) is 0 Å². The lowest BCUT2D eigenvalue weighted by Gasteiger charge is -2.12. The minimum absolute atomic E-state index is 0.147. The molecule has 134 valence electrons. The molecular formula is C20H21ClN4O. The van der Waals surface area contributed by atoms with Gasteiger partial charge in [-0.3, -0.25) is 0 Å². The Morgan fingerprint density at radius 2 is 1.69 bits per heavy atom. The summed E-state index contributed by atoms with van der Waals surface area (Å²) in [6, 6.07) is 17.1. The predicted octanol–water partition coefficient (Wildman–Crippen LogP) is 5.71. The molecule has 0 unspecified atom stereocenters. The Labute approximate surface area is 158 Å². The zero-order chi connectivity index (χ0) is 18.5. The van der Waals surface area contributed by atoms with Gasteiger partial charge in [-0.15, -0.1) is 0 Å². The van der Waals surface area contributed by atoms with E-state index in [-0.39, 0.29) is 6.10 Å². The second kappa shape index (κ2) is 8.06. The maximum atomic E-state index is 6.03. The zero-order valence-corrected chi connectivity index (χ0v) is 15.7. The fourth-order valence-electron chi connectivity index (χ4n) is 2.42. The lowest BCUT2D eigenvalue weighted by atomic mass is 10.3. The van der Waals surface area contributed by atoms with Crippen LogP contribution in [0.1, 0.15) is 19.5 Å². The van der Waals surface area contributed by atoms with Crippen LogP contribution in [0.4, 0.5) is 23.1 Å². The number of aryl methyl sites for hydroxylation is 1. The van der Waals surface area contributed by atoms with Crippen LogP contribution in [0, 0.1) is 6.92 Å². The first-order valence-electron chi connectivity index (χ1n) is 8.40. The standard InChI is InChI=1S/C20H21ClN4O/c1-13(2)26-18-9-7-16(8-10-18)24-20-22-14(3)11-19(25-20)23-17-6-4-5-15(21)12-17/h4-13H,1-3H3,(H2,22,23,24,25). The second-order valence-electron chi connectivity index (χ2n) is 6.17. The summed E-state index contributed by atoms with van der Waals surface area (Å²) in [7, 11) is 0. The van der Waals surface area contributed by atoms with Gasteiger partial charge in [-0.1, -0.05) is 17.7 Å². The number of nitrogens with one attached hydrogen (secondary N) is 2. The fraction of sp³-hybridized carbons (Fsp3) is 0.200. The molecule has 2 N–H and O–H groups in total. The number of hydrogen-bond acceptors (Lipinski definition) is 5. The van der Waals surface area contributed by atoms with E-state index in [1.54, 1.807) is 0 Å². The van der Waals surface area contributed by atoms with E-state index in [1.165, 1.54) is 0 Å². The van der Waals surface area contributed by atoms with Crippen LogP contribution in [0.5, 0.6) is 5.75 Å². The van der Waals surface area contributed by atoms with Crippen molar-refractivity contribution in [3.05, 3.63) is 65.3 Å². The molecule has 0 fully saturated rings. The molecule has 0 aliphatic carbocycles. The molecule has 0 saturated carbocycles. The summed E-state index contributed by atoms with van der Waals surface area (Å²) < 4.78 is 5.65. The molecule has 0 spiro atoms. The van der Waals surface area contributed by atoms with Gasteiger partial charge in [0.1, 0.15) is 11.6 Å². The molecule has 3 aromatic rings. The molecule has 1 heterocycles. The molecule has 0 bridgehead atoms. The van der Waals surface area contributed by atoms with Gasteiger partial charge in [0.05, 0.1) is 6.10 Å². The molecule has 0 amide bonds. The van der Waals surface area contributed by atoms with Crippen molar-refractivity contribution in [1.82, 2.24) is 9.97 Å². The van der Waals surface area contributed by atoms with Gasteiger partial charge in [-0.05, 0) is 63.2 Å². The summed E-state index contributed by atoms with van der Waals surface area (Å²) in [6.07, 6.45) is 0.147. The number of hydrogen-bond donors (Lipinski definition) is 2. The average molecular weight is 369 g/mol. The Balaban J connectivity index is 1.75. The molecular weight excluding hydrogens is 348 g/mol. The Hall–Kier alpha value is -2.79. The average Bonchev–Trinajstić information content (AvgIpc) is 2.56. The van der Waals surface area contributed by atoms with Gasteiger partial charge >= 0.3 is 0 Å². The van der Waals surface area contributed by atoms with Crippen LogP contribution in [-0.4, -0.2) is 16.1 Å². The minimum atomic E-state index is 0.147. The van der Waals surface area contributed by atoms with Crippen molar-refractivity contribution >= 4 is 34.7 Å². The fourth-order valence-corrected chi connectivity index (χ4v) is 2.61. The molecule has 5 nitrogen and oxygen atoms in total. The highest BCUT2D eigenvalue weighted by Crippen LogP contribution is 2.22. The van der Waals surface area contributed by atoms with Crippen LogP contribution in [-0.2, 0) is 0 Å². The van der Waals surface area contributed by atoms with E-state index >= 15 is 0 Å². The molecule has 0 aliphatic rings. The van der Waals surface area contributed by atoms with E-state index in [2.05, 4.69) is 20.6 Å². The Morgan fingerprint density at radius 3 is 2.38 bits per heavy atom. The number of benzene rings is 2. The first kappa shape index (κ1) is 18.0. The Kier molecular flexibility index (Phi) is 5.58. The summed E-state index contributed by atoms with van der Waals surface area (Å²) in [5, 5.41) is 7.14. The normalized spacial score (nSPS) is 10.7. The summed E-state index contributed by atoms with van der Waals surface area (Å²) in [5.41, 5.74) is 2.61. The third-order valence-electron chi connectivity index (χ3n) is 3.43. The molecule has 2 aromatic carbocycles. The molecule has 6 heteroatoms. The van der Waals surface area contributed by atoms with E-state index in [4.69, 9.17) is 16.3 Å². The summed E-state index contributed by atoms with van der Waals surface area (Å²) in [5.74, 6) is 2.05. The molecule has 0 radical (unpaired) electrons. The number of anilines is 4. The van der Waals surface area contributed by atoms with Crippen molar-refractivity contribution in [2.45, 2.75) is 26.9 Å². The Morgan fingerprint density at radius 1 is 0.923 bits per heavy atom. The third kappa shape index (κ3) is 5.10. The summed E-state index contributed by atoms with van der Waals surface area (Å²) in [6.45, 7) is 5.93. The zero-order valence-electron chi connectivity index (χ0n) is 15.0. The van der Waals surface area contributed by atoms with Crippen LogP contribution < -0.4 is 15.4 Å². The summed E-state index contributed by atoms with van der Waals surface area (Å²) >= 11 is 6.03. The first-order chi connectivity index (χ1) is 12.5. The quantitative estimate of drug-likeness (QED) is 0.583. The van der Waals surface area contributed by atoms with Gasteiger partial charge in [0, 0.05) is 28.2 Å². The van der Waals surface area contributed by atoms with Crippen molar-refractivity contribution in [2.75, 3.05) is 10.6 Å². The van der Waals surface area contributed by atoms with Crippen LogP contribution in [0.2, 0.25) is 5.02 Å². The number of ether oxygens (including phenoxy) is 1. The number of halogens is 1. The van der Waals surface area contributed by atoms with Crippen LogP contribution >= 0.6 is 11.6 Å². The molecule has 0 saturated heterocycles. The van der Waals surface area contributed by atoms with Crippen molar-refractivity contribution in [3.63, 3.8) is 0 Å². The maximum Gasteiger partial charge on any atom is 0.229 e. The monoisotopic (exact) mass is 368 g/mol. The smallest absolute Gasteiger partial charge is 0.229 e. The molecule has 0 aliphatic heterocycles. The summed E-state index contributed by atoms with van der Waals surface area (Å²) in [4.78, 5) is 8.96. The van der Waals surface area contributed by atoms with Crippen molar-refractivity contribution < 1.29 is 4.74 Å². The molecule has 26 heavy (non-hydrogen) atoms. The van der Waals surface area contributed by atoms with Gasteiger partial charge in [-0.25, -0.2) is 4.98 Å². The molecule has 1 aromatic heterocycles. The van der Waals surface area contributed by atoms with E-state index in [0.29, 0.717) is 16.8 Å².